The van der Waals surface area contributed by atoms with Crippen LogP contribution in [0.4, 0.5) is 18.9 Å². The summed E-state index contributed by atoms with van der Waals surface area (Å²) in [5, 5.41) is 3.91. The van der Waals surface area contributed by atoms with Crippen molar-refractivity contribution in [2.75, 3.05) is 11.9 Å². The van der Waals surface area contributed by atoms with Crippen molar-refractivity contribution in [2.45, 2.75) is 38.5 Å². The number of thiazole rings is 1. The number of hydrogen-bond acceptors (Lipinski definition) is 4. The predicted molar refractivity (Wildman–Crippen MR) is 111 cm³/mol. The van der Waals surface area contributed by atoms with Gasteiger partial charge in [-0.05, 0) is 49.9 Å². The lowest BCUT2D eigenvalue weighted by Gasteiger charge is -2.10. The molecule has 1 heterocycles. The summed E-state index contributed by atoms with van der Waals surface area (Å²) in [4.78, 5) is 10.3. The molecule has 3 rings (SSSR count). The molecule has 0 aliphatic heterocycles. The zero-order valence-corrected chi connectivity index (χ0v) is 17.5. The second kappa shape index (κ2) is 9.58. The van der Waals surface area contributed by atoms with Crippen LogP contribution in [0.1, 0.15) is 28.4 Å². The lowest BCUT2D eigenvalue weighted by Crippen LogP contribution is -2.23. The first-order valence-electron chi connectivity index (χ1n) is 8.29. The van der Waals surface area contributed by atoms with Crippen molar-refractivity contribution in [3.05, 3.63) is 39.8 Å². The second-order valence-corrected chi connectivity index (χ2v) is 7.07. The van der Waals surface area contributed by atoms with E-state index in [1.807, 2.05) is 0 Å². The number of aromatic nitrogens is 1. The topological polar surface area (TPSA) is 72.5 Å². The molecule has 3 N–H and O–H groups in total. The van der Waals surface area contributed by atoms with Gasteiger partial charge < -0.3 is 15.8 Å². The largest absolute Gasteiger partial charge is 0.573 e. The van der Waals surface area contributed by atoms with Gasteiger partial charge in [-0.3, -0.25) is 4.99 Å². The van der Waals surface area contributed by atoms with Crippen LogP contribution in [0.5, 0.6) is 5.75 Å². The number of ether oxygens (including phenoxy) is 1. The summed E-state index contributed by atoms with van der Waals surface area (Å²) in [6.07, 6.45) is 0.637. The van der Waals surface area contributed by atoms with Crippen LogP contribution in [0.2, 0.25) is 0 Å². The van der Waals surface area contributed by atoms with E-state index < -0.39 is 6.36 Å². The van der Waals surface area contributed by atoms with Crippen LogP contribution < -0.4 is 15.8 Å². The maximum atomic E-state index is 12.1. The molecule has 0 fully saturated rings. The highest BCUT2D eigenvalue weighted by Gasteiger charge is 2.30. The molecular formula is C17H20F3IN4OS. The molecule has 0 radical (unpaired) electrons. The van der Waals surface area contributed by atoms with Crippen molar-refractivity contribution in [1.29, 1.82) is 0 Å². The summed E-state index contributed by atoms with van der Waals surface area (Å²) in [5.74, 6) is -0.0814. The van der Waals surface area contributed by atoms with Crippen molar-refractivity contribution in [1.82, 2.24) is 4.98 Å². The summed E-state index contributed by atoms with van der Waals surface area (Å²) < 4.78 is 40.2. The number of aryl methyl sites for hydroxylation is 2. The third-order valence-corrected chi connectivity index (χ3v) is 5.08. The standard InChI is InChI=1S/C17H19F3N4OS.HI/c18-17(19,20)25-12-7-5-11(6-8-12)23-16(21)22-10-9-15-24-13-3-1-2-4-14(13)26-15;/h5-8H,1-4,9-10H2,(H3,21,22,23);1H. The Balaban J connectivity index is 0.00000261. The first kappa shape index (κ1) is 21.7. The van der Waals surface area contributed by atoms with Gasteiger partial charge in [0.1, 0.15) is 5.75 Å². The number of aliphatic imine (C=N–C) groups is 1. The fourth-order valence-corrected chi connectivity index (χ4v) is 3.86. The lowest BCUT2D eigenvalue weighted by molar-refractivity contribution is -0.274. The smallest absolute Gasteiger partial charge is 0.406 e. The molecule has 148 valence electrons. The Morgan fingerprint density at radius 3 is 2.59 bits per heavy atom. The molecule has 10 heteroatoms. The Morgan fingerprint density at radius 1 is 1.22 bits per heavy atom. The van der Waals surface area contributed by atoms with E-state index in [0.29, 0.717) is 12.2 Å². The van der Waals surface area contributed by atoms with Gasteiger partial charge in [0.25, 0.3) is 0 Å². The first-order valence-corrected chi connectivity index (χ1v) is 9.11. The summed E-state index contributed by atoms with van der Waals surface area (Å²) in [6.45, 7) is 0.500. The van der Waals surface area contributed by atoms with Crippen LogP contribution in [0.15, 0.2) is 29.3 Å². The zero-order valence-electron chi connectivity index (χ0n) is 14.4. The van der Waals surface area contributed by atoms with E-state index in [2.05, 4.69) is 20.0 Å². The van der Waals surface area contributed by atoms with Crippen LogP contribution in [0.3, 0.4) is 0 Å². The van der Waals surface area contributed by atoms with Gasteiger partial charge >= 0.3 is 6.36 Å². The third kappa shape index (κ3) is 6.83. The van der Waals surface area contributed by atoms with Gasteiger partial charge in [0.05, 0.1) is 10.7 Å². The molecule has 2 aromatic rings. The molecule has 0 saturated carbocycles. The van der Waals surface area contributed by atoms with Crippen molar-refractivity contribution in [2.24, 2.45) is 10.7 Å². The molecule has 0 amide bonds. The summed E-state index contributed by atoms with van der Waals surface area (Å²) in [5.41, 5.74) is 7.58. The molecule has 0 saturated heterocycles. The van der Waals surface area contributed by atoms with E-state index in [1.165, 1.54) is 47.7 Å². The highest BCUT2D eigenvalue weighted by Crippen LogP contribution is 2.27. The van der Waals surface area contributed by atoms with E-state index in [9.17, 15) is 13.2 Å². The van der Waals surface area contributed by atoms with Crippen LogP contribution in [-0.4, -0.2) is 23.9 Å². The molecule has 1 aromatic heterocycles. The number of nitrogens with zero attached hydrogens (tertiary/aromatic N) is 2. The van der Waals surface area contributed by atoms with E-state index in [0.717, 1.165) is 24.3 Å². The van der Waals surface area contributed by atoms with E-state index >= 15 is 0 Å². The van der Waals surface area contributed by atoms with Crippen LogP contribution in [0, 0.1) is 0 Å². The minimum absolute atomic E-state index is 0. The normalized spacial score (nSPS) is 14.3. The number of benzene rings is 1. The van der Waals surface area contributed by atoms with Crippen LogP contribution >= 0.6 is 35.3 Å². The van der Waals surface area contributed by atoms with Crippen molar-refractivity contribution in [3.8, 4) is 5.75 Å². The number of nitrogens with one attached hydrogen (secondary N) is 1. The molecule has 0 spiro atoms. The summed E-state index contributed by atoms with van der Waals surface area (Å²) in [7, 11) is 0. The summed E-state index contributed by atoms with van der Waals surface area (Å²) in [6, 6.07) is 5.31. The number of halogens is 4. The predicted octanol–water partition coefficient (Wildman–Crippen LogP) is 4.51. The van der Waals surface area contributed by atoms with Crippen molar-refractivity contribution < 1.29 is 17.9 Å². The Bertz CT molecular complexity index is 754. The van der Waals surface area contributed by atoms with E-state index in [-0.39, 0.29) is 35.7 Å². The Morgan fingerprint density at radius 2 is 1.93 bits per heavy atom. The van der Waals surface area contributed by atoms with Gasteiger partial charge in [0, 0.05) is 23.5 Å². The molecule has 5 nitrogen and oxygen atoms in total. The van der Waals surface area contributed by atoms with Crippen molar-refractivity contribution in [3.63, 3.8) is 0 Å². The molecule has 1 aromatic carbocycles. The number of fused-ring (bicyclic) bond motifs is 1. The number of nitrogens with two attached hydrogens (primary N) is 1. The monoisotopic (exact) mass is 512 g/mol. The number of hydrogen-bond donors (Lipinski definition) is 2. The third-order valence-electron chi connectivity index (χ3n) is 3.86. The number of rotatable bonds is 5. The number of anilines is 1. The number of guanidine groups is 1. The molecule has 0 unspecified atom stereocenters. The number of alkyl halides is 3. The Hall–Kier alpha value is -1.56. The van der Waals surface area contributed by atoms with Crippen molar-refractivity contribution >= 4 is 47.0 Å². The van der Waals surface area contributed by atoms with E-state index in [1.54, 1.807) is 11.3 Å². The van der Waals surface area contributed by atoms with Gasteiger partial charge in [-0.2, -0.15) is 0 Å². The van der Waals surface area contributed by atoms with Gasteiger partial charge in [0.15, 0.2) is 5.96 Å². The average molecular weight is 512 g/mol. The second-order valence-electron chi connectivity index (χ2n) is 5.90. The highest BCUT2D eigenvalue weighted by molar-refractivity contribution is 14.0. The minimum atomic E-state index is -4.70. The minimum Gasteiger partial charge on any atom is -0.406 e. The quantitative estimate of drug-likeness (QED) is 0.352. The lowest BCUT2D eigenvalue weighted by atomic mass is 10.0. The van der Waals surface area contributed by atoms with Gasteiger partial charge in [-0.15, -0.1) is 48.5 Å². The maximum absolute atomic E-state index is 12.1. The van der Waals surface area contributed by atoms with Gasteiger partial charge in [-0.1, -0.05) is 0 Å². The zero-order chi connectivity index (χ0) is 18.6. The fourth-order valence-electron chi connectivity index (χ4n) is 2.71. The average Bonchev–Trinajstić information content (AvgIpc) is 2.98. The molecule has 0 bridgehead atoms. The molecule has 1 aliphatic carbocycles. The maximum Gasteiger partial charge on any atom is 0.573 e. The van der Waals surface area contributed by atoms with Crippen LogP contribution in [0.25, 0.3) is 0 Å². The van der Waals surface area contributed by atoms with E-state index in [4.69, 9.17) is 5.73 Å². The van der Waals surface area contributed by atoms with Gasteiger partial charge in [0.2, 0.25) is 0 Å². The molecule has 1 aliphatic rings. The van der Waals surface area contributed by atoms with Crippen LogP contribution in [-0.2, 0) is 19.3 Å². The fraction of sp³-hybridized carbons (Fsp3) is 0.412. The van der Waals surface area contributed by atoms with Gasteiger partial charge in [-0.25, -0.2) is 4.98 Å². The first-order chi connectivity index (χ1) is 12.4. The highest BCUT2D eigenvalue weighted by atomic mass is 127. The molecule has 27 heavy (non-hydrogen) atoms. The molecular weight excluding hydrogens is 492 g/mol. The molecule has 0 atom stereocenters. The summed E-state index contributed by atoms with van der Waals surface area (Å²) >= 11 is 1.75. The SMILES string of the molecule is I.NC(=NCCc1nc2c(s1)CCCC2)Nc1ccc(OC(F)(F)F)cc1. The Kier molecular flexibility index (Phi) is 7.71. The Labute approximate surface area is 176 Å².